The molecule has 1 fully saturated rings. The summed E-state index contributed by atoms with van der Waals surface area (Å²) in [6.07, 6.45) is 5.53. The highest BCUT2D eigenvalue weighted by atomic mass is 35.5. The molecule has 0 aromatic carbocycles. The van der Waals surface area contributed by atoms with Crippen LogP contribution in [0.1, 0.15) is 23.4 Å². The lowest BCUT2D eigenvalue weighted by atomic mass is 9.96. The number of hydrogen-bond donors (Lipinski definition) is 2. The fraction of sp³-hybridized carbons (Fsp3) is 0.318. The summed E-state index contributed by atoms with van der Waals surface area (Å²) in [5, 5.41) is 6.46. The number of urea groups is 1. The van der Waals surface area contributed by atoms with E-state index in [0.717, 1.165) is 0 Å². The average molecular weight is 471 g/mol. The third kappa shape index (κ3) is 4.90. The number of rotatable bonds is 4. The van der Waals surface area contributed by atoms with Crippen LogP contribution in [0.3, 0.4) is 0 Å². The fourth-order valence-corrected chi connectivity index (χ4v) is 3.80. The first-order valence-corrected chi connectivity index (χ1v) is 10.8. The lowest BCUT2D eigenvalue weighted by Gasteiger charge is -2.33. The van der Waals surface area contributed by atoms with E-state index in [1.165, 1.54) is 23.5 Å². The largest absolute Gasteiger partial charge is 0.448 e. The molecule has 0 aliphatic carbocycles. The summed E-state index contributed by atoms with van der Waals surface area (Å²) < 4.78 is 5.74. The Morgan fingerprint density at radius 2 is 1.88 bits per heavy atom. The number of carbonyl (C=O) groups excluding carboxylic acids is 3. The predicted molar refractivity (Wildman–Crippen MR) is 123 cm³/mol. The predicted octanol–water partition coefficient (Wildman–Crippen LogP) is 3.46. The van der Waals surface area contributed by atoms with Crippen molar-refractivity contribution >= 4 is 51.9 Å². The summed E-state index contributed by atoms with van der Waals surface area (Å²) in [7, 11) is 3.40. The molecular weight excluding hydrogens is 448 g/mol. The quantitative estimate of drug-likeness (QED) is 0.602. The maximum absolute atomic E-state index is 13.0. The highest BCUT2D eigenvalue weighted by molar-refractivity contribution is 6.30. The molecule has 4 rings (SSSR count). The number of halogens is 1. The summed E-state index contributed by atoms with van der Waals surface area (Å²) in [6, 6.07) is 4.71. The Bertz CT molecular complexity index is 1190. The van der Waals surface area contributed by atoms with Crippen LogP contribution in [0.5, 0.6) is 0 Å². The Morgan fingerprint density at radius 1 is 1.12 bits per heavy atom. The third-order valence-corrected chi connectivity index (χ3v) is 5.66. The van der Waals surface area contributed by atoms with E-state index < -0.39 is 5.91 Å². The van der Waals surface area contributed by atoms with Gasteiger partial charge in [-0.3, -0.25) is 14.6 Å². The van der Waals surface area contributed by atoms with Gasteiger partial charge < -0.3 is 24.9 Å². The maximum atomic E-state index is 13.0. The molecule has 2 N–H and O–H groups in total. The SMILES string of the molecule is CN(C)C(=O)N1CCC(C(=O)Nc2c(C(=O)Nc3ccc(Cl)cn3)oc3ccncc23)CC1. The number of likely N-dealkylation sites (tertiary alicyclic amines) is 1. The van der Waals surface area contributed by atoms with Crippen LogP contribution in [-0.4, -0.2) is 64.8 Å². The van der Waals surface area contributed by atoms with Crippen LogP contribution in [0.25, 0.3) is 11.0 Å². The van der Waals surface area contributed by atoms with Crippen molar-refractivity contribution < 1.29 is 18.8 Å². The Hall–Kier alpha value is -3.66. The molecule has 0 spiro atoms. The van der Waals surface area contributed by atoms with Crippen LogP contribution in [0.4, 0.5) is 16.3 Å². The molecule has 1 aliphatic heterocycles. The Balaban J connectivity index is 1.52. The Morgan fingerprint density at radius 3 is 2.55 bits per heavy atom. The van der Waals surface area contributed by atoms with Gasteiger partial charge in [-0.05, 0) is 31.0 Å². The minimum absolute atomic E-state index is 0.0525. The van der Waals surface area contributed by atoms with Crippen molar-refractivity contribution in [1.29, 1.82) is 0 Å². The van der Waals surface area contributed by atoms with Gasteiger partial charge in [0.2, 0.25) is 11.7 Å². The number of pyridine rings is 2. The number of aromatic nitrogens is 2. The van der Waals surface area contributed by atoms with Crippen molar-refractivity contribution in [3.63, 3.8) is 0 Å². The molecule has 0 unspecified atom stereocenters. The van der Waals surface area contributed by atoms with Crippen molar-refractivity contribution in [2.24, 2.45) is 5.92 Å². The molecule has 10 nitrogen and oxygen atoms in total. The lowest BCUT2D eigenvalue weighted by molar-refractivity contribution is -0.121. The van der Waals surface area contributed by atoms with E-state index in [1.54, 1.807) is 37.2 Å². The number of amides is 4. The van der Waals surface area contributed by atoms with Gasteiger partial charge in [-0.1, -0.05) is 11.6 Å². The van der Waals surface area contributed by atoms with Crippen molar-refractivity contribution in [3.8, 4) is 0 Å². The van der Waals surface area contributed by atoms with Crippen LogP contribution in [-0.2, 0) is 4.79 Å². The minimum Gasteiger partial charge on any atom is -0.448 e. The van der Waals surface area contributed by atoms with Crippen molar-refractivity contribution in [3.05, 3.63) is 47.6 Å². The van der Waals surface area contributed by atoms with Gasteiger partial charge in [-0.2, -0.15) is 0 Å². The minimum atomic E-state index is -0.567. The van der Waals surface area contributed by atoms with Gasteiger partial charge in [-0.25, -0.2) is 9.78 Å². The lowest BCUT2D eigenvalue weighted by Crippen LogP contribution is -2.45. The van der Waals surface area contributed by atoms with Crippen LogP contribution in [0.2, 0.25) is 5.02 Å². The van der Waals surface area contributed by atoms with E-state index in [0.29, 0.717) is 41.9 Å². The number of carbonyl (C=O) groups is 3. The molecule has 0 bridgehead atoms. The van der Waals surface area contributed by atoms with Gasteiger partial charge >= 0.3 is 6.03 Å². The van der Waals surface area contributed by atoms with Crippen LogP contribution in [0, 0.1) is 5.92 Å². The van der Waals surface area contributed by atoms with Gasteiger partial charge in [0.15, 0.2) is 0 Å². The van der Waals surface area contributed by atoms with E-state index in [9.17, 15) is 14.4 Å². The zero-order valence-electron chi connectivity index (χ0n) is 18.2. The monoisotopic (exact) mass is 470 g/mol. The summed E-state index contributed by atoms with van der Waals surface area (Å²) in [6.45, 7) is 0.969. The molecule has 1 aliphatic rings. The third-order valence-electron chi connectivity index (χ3n) is 5.43. The van der Waals surface area contributed by atoms with Gasteiger partial charge in [-0.15, -0.1) is 0 Å². The standard InChI is InChI=1S/C22H23ClN6O4/c1-28(2)22(32)29-9-6-13(7-10-29)20(30)27-18-15-12-24-8-5-16(15)33-19(18)21(31)26-17-4-3-14(23)11-25-17/h3-5,8,11-13H,6-7,9-10H2,1-2H3,(H,27,30)(H,25,26,31). The first-order chi connectivity index (χ1) is 15.8. The van der Waals surface area contributed by atoms with Crippen molar-refractivity contribution in [2.75, 3.05) is 37.8 Å². The van der Waals surface area contributed by atoms with E-state index in [1.807, 2.05) is 0 Å². The molecular formula is C22H23ClN6O4. The molecule has 172 valence electrons. The molecule has 0 atom stereocenters. The number of nitrogens with zero attached hydrogens (tertiary/aromatic N) is 4. The molecule has 11 heteroatoms. The molecule has 33 heavy (non-hydrogen) atoms. The molecule has 4 heterocycles. The van der Waals surface area contributed by atoms with Crippen LogP contribution in [0.15, 0.2) is 41.2 Å². The summed E-state index contributed by atoms with van der Waals surface area (Å²) in [5.74, 6) is -0.868. The second-order valence-electron chi connectivity index (χ2n) is 7.92. The molecule has 1 saturated heterocycles. The molecule has 0 saturated carbocycles. The van der Waals surface area contributed by atoms with Gasteiger partial charge in [0.1, 0.15) is 17.1 Å². The number of hydrogen-bond acceptors (Lipinski definition) is 6. The van der Waals surface area contributed by atoms with Gasteiger partial charge in [0, 0.05) is 51.7 Å². The Labute approximate surface area is 194 Å². The first kappa shape index (κ1) is 22.5. The number of nitrogens with one attached hydrogen (secondary N) is 2. The summed E-state index contributed by atoms with van der Waals surface area (Å²) in [5.41, 5.74) is 0.669. The number of fused-ring (bicyclic) bond motifs is 1. The van der Waals surface area contributed by atoms with Crippen LogP contribution >= 0.6 is 11.6 Å². The molecule has 3 aromatic rings. The number of anilines is 2. The Kier molecular flexibility index (Phi) is 6.45. The molecule has 3 aromatic heterocycles. The van der Waals surface area contributed by atoms with E-state index in [-0.39, 0.29) is 35.1 Å². The van der Waals surface area contributed by atoms with Crippen molar-refractivity contribution in [2.45, 2.75) is 12.8 Å². The van der Waals surface area contributed by atoms with Gasteiger partial charge in [0.05, 0.1) is 10.4 Å². The highest BCUT2D eigenvalue weighted by Crippen LogP contribution is 2.32. The fourth-order valence-electron chi connectivity index (χ4n) is 3.69. The van der Waals surface area contributed by atoms with Gasteiger partial charge in [0.25, 0.3) is 5.91 Å². The van der Waals surface area contributed by atoms with Crippen molar-refractivity contribution in [1.82, 2.24) is 19.8 Å². The zero-order chi connectivity index (χ0) is 23.5. The molecule has 0 radical (unpaired) electrons. The smallest absolute Gasteiger partial charge is 0.319 e. The number of furan rings is 1. The molecule has 4 amide bonds. The average Bonchev–Trinajstić information content (AvgIpc) is 3.18. The van der Waals surface area contributed by atoms with E-state index in [2.05, 4.69) is 20.6 Å². The highest BCUT2D eigenvalue weighted by Gasteiger charge is 2.30. The summed E-state index contributed by atoms with van der Waals surface area (Å²) >= 11 is 5.84. The second kappa shape index (κ2) is 9.45. The first-order valence-electron chi connectivity index (χ1n) is 10.4. The van der Waals surface area contributed by atoms with Crippen LogP contribution < -0.4 is 10.6 Å². The zero-order valence-corrected chi connectivity index (χ0v) is 18.9. The van der Waals surface area contributed by atoms with E-state index in [4.69, 9.17) is 16.0 Å². The topological polar surface area (TPSA) is 121 Å². The summed E-state index contributed by atoms with van der Waals surface area (Å²) in [4.78, 5) is 49.5. The number of piperidine rings is 1. The van der Waals surface area contributed by atoms with E-state index >= 15 is 0 Å². The second-order valence-corrected chi connectivity index (χ2v) is 8.36. The normalized spacial score (nSPS) is 14.2. The maximum Gasteiger partial charge on any atom is 0.319 e.